The summed E-state index contributed by atoms with van der Waals surface area (Å²) in [5, 5.41) is 17.8. The Bertz CT molecular complexity index is 294. The molecule has 2 fully saturated rings. The van der Waals surface area contributed by atoms with E-state index in [4.69, 9.17) is 10.2 Å². The van der Waals surface area contributed by atoms with Gasteiger partial charge in [-0.25, -0.2) is 9.59 Å². The molecule has 0 aliphatic carbocycles. The number of carboxylic acid groups (broad SMARTS) is 2. The minimum atomic E-state index is -0.901. The maximum Gasteiger partial charge on any atom is 0.407 e. The van der Waals surface area contributed by atoms with Crippen molar-refractivity contribution in [2.45, 2.75) is 18.9 Å². The first-order valence-electron chi connectivity index (χ1n) is 5.07. The molecule has 0 aromatic heterocycles. The number of amides is 2. The summed E-state index contributed by atoms with van der Waals surface area (Å²) in [6.45, 7) is 1.46. The lowest BCUT2D eigenvalue weighted by atomic mass is 9.93. The number of piperidine rings is 1. The molecule has 15 heavy (non-hydrogen) atoms. The highest BCUT2D eigenvalue weighted by Crippen LogP contribution is 2.31. The van der Waals surface area contributed by atoms with Gasteiger partial charge in [-0.1, -0.05) is 0 Å². The maximum atomic E-state index is 10.9. The van der Waals surface area contributed by atoms with E-state index in [-0.39, 0.29) is 12.0 Å². The molecule has 0 saturated carbocycles. The van der Waals surface area contributed by atoms with Crippen LogP contribution in [0.1, 0.15) is 12.8 Å². The Balaban J connectivity index is 2.02. The number of nitrogens with zero attached hydrogens (tertiary/aromatic N) is 2. The summed E-state index contributed by atoms with van der Waals surface area (Å²) in [6, 6.07) is 0.0260. The monoisotopic (exact) mass is 214 g/mol. The second-order valence-electron chi connectivity index (χ2n) is 4.11. The summed E-state index contributed by atoms with van der Waals surface area (Å²) < 4.78 is 0. The Labute approximate surface area is 87.1 Å². The van der Waals surface area contributed by atoms with Crippen LogP contribution in [0.15, 0.2) is 0 Å². The molecule has 2 atom stereocenters. The lowest BCUT2D eigenvalue weighted by Gasteiger charge is -2.35. The van der Waals surface area contributed by atoms with Gasteiger partial charge in [0.1, 0.15) is 0 Å². The molecule has 0 bridgehead atoms. The fourth-order valence-corrected chi connectivity index (χ4v) is 2.60. The molecule has 0 aromatic rings. The third-order valence-electron chi connectivity index (χ3n) is 3.35. The molecule has 0 aromatic carbocycles. The highest BCUT2D eigenvalue weighted by atomic mass is 16.4. The highest BCUT2D eigenvalue weighted by Gasteiger charge is 2.41. The minimum absolute atomic E-state index is 0.0260. The molecule has 2 rings (SSSR count). The summed E-state index contributed by atoms with van der Waals surface area (Å²) in [5.74, 6) is 0.186. The van der Waals surface area contributed by atoms with Crippen LogP contribution in [-0.2, 0) is 0 Å². The number of hydrogen-bond donors (Lipinski definition) is 2. The van der Waals surface area contributed by atoms with E-state index in [0.717, 1.165) is 6.42 Å². The third kappa shape index (κ3) is 1.71. The van der Waals surface area contributed by atoms with Crippen molar-refractivity contribution in [3.05, 3.63) is 0 Å². The number of fused-ring (bicyclic) bond motifs is 1. The average molecular weight is 214 g/mol. The van der Waals surface area contributed by atoms with E-state index in [0.29, 0.717) is 26.1 Å². The molecule has 2 amide bonds. The zero-order chi connectivity index (χ0) is 11.0. The largest absolute Gasteiger partial charge is 0.465 e. The Kier molecular flexibility index (Phi) is 2.42. The molecule has 84 valence electrons. The average Bonchev–Trinajstić information content (AvgIpc) is 2.59. The van der Waals surface area contributed by atoms with Crippen molar-refractivity contribution in [2.24, 2.45) is 5.92 Å². The number of rotatable bonds is 0. The summed E-state index contributed by atoms with van der Waals surface area (Å²) in [7, 11) is 0. The van der Waals surface area contributed by atoms with Crippen molar-refractivity contribution < 1.29 is 19.8 Å². The van der Waals surface area contributed by atoms with Crippen molar-refractivity contribution in [1.29, 1.82) is 0 Å². The van der Waals surface area contributed by atoms with Gasteiger partial charge in [0.25, 0.3) is 0 Å². The van der Waals surface area contributed by atoms with Crippen molar-refractivity contribution in [3.8, 4) is 0 Å². The maximum absolute atomic E-state index is 10.9. The Hall–Kier alpha value is -1.46. The zero-order valence-electron chi connectivity index (χ0n) is 8.30. The third-order valence-corrected chi connectivity index (χ3v) is 3.35. The van der Waals surface area contributed by atoms with E-state index in [9.17, 15) is 9.59 Å². The predicted molar refractivity (Wildman–Crippen MR) is 50.8 cm³/mol. The smallest absolute Gasteiger partial charge is 0.407 e. The molecule has 2 heterocycles. The van der Waals surface area contributed by atoms with E-state index in [1.807, 2.05) is 0 Å². The number of likely N-dealkylation sites (tertiary alicyclic amines) is 2. The van der Waals surface area contributed by atoms with E-state index in [1.165, 1.54) is 9.80 Å². The molecule has 6 nitrogen and oxygen atoms in total. The molecule has 6 heteroatoms. The van der Waals surface area contributed by atoms with Crippen LogP contribution in [0.2, 0.25) is 0 Å². The van der Waals surface area contributed by atoms with Crippen LogP contribution in [0.25, 0.3) is 0 Å². The fourth-order valence-electron chi connectivity index (χ4n) is 2.60. The van der Waals surface area contributed by atoms with Crippen molar-refractivity contribution >= 4 is 12.2 Å². The van der Waals surface area contributed by atoms with Crippen LogP contribution < -0.4 is 0 Å². The second-order valence-corrected chi connectivity index (χ2v) is 4.11. The second kappa shape index (κ2) is 3.60. The molecule has 2 N–H and O–H groups in total. The van der Waals surface area contributed by atoms with E-state index < -0.39 is 12.2 Å². The van der Waals surface area contributed by atoms with Gasteiger partial charge >= 0.3 is 12.2 Å². The van der Waals surface area contributed by atoms with Gasteiger partial charge in [0.15, 0.2) is 0 Å². The lowest BCUT2D eigenvalue weighted by Crippen LogP contribution is -2.48. The summed E-state index contributed by atoms with van der Waals surface area (Å²) >= 11 is 0. The van der Waals surface area contributed by atoms with Crippen LogP contribution in [-0.4, -0.2) is 57.9 Å². The van der Waals surface area contributed by atoms with Crippen LogP contribution in [0.4, 0.5) is 9.59 Å². The van der Waals surface area contributed by atoms with Crippen LogP contribution in [0.5, 0.6) is 0 Å². The van der Waals surface area contributed by atoms with Gasteiger partial charge in [0, 0.05) is 25.7 Å². The normalized spacial score (nSPS) is 30.1. The molecule has 2 aliphatic rings. The molecule has 0 radical (unpaired) electrons. The standard InChI is InChI=1S/C9H14N2O4/c12-8(13)10-3-2-7-6(5-10)1-4-11(7)9(14)15/h6-7H,1-5H2,(H,12,13)(H,14,15)/t6-,7+/m1/s1. The first-order chi connectivity index (χ1) is 7.09. The molecule has 0 spiro atoms. The molecule has 2 saturated heterocycles. The van der Waals surface area contributed by atoms with Gasteiger partial charge in [0.05, 0.1) is 0 Å². The van der Waals surface area contributed by atoms with E-state index in [2.05, 4.69) is 0 Å². The number of hydrogen-bond acceptors (Lipinski definition) is 2. The van der Waals surface area contributed by atoms with Crippen molar-refractivity contribution in [3.63, 3.8) is 0 Å². The summed E-state index contributed by atoms with van der Waals surface area (Å²) in [5.41, 5.74) is 0. The summed E-state index contributed by atoms with van der Waals surface area (Å²) in [6.07, 6.45) is -0.377. The van der Waals surface area contributed by atoms with Gasteiger partial charge in [-0.05, 0) is 18.8 Å². The zero-order valence-corrected chi connectivity index (χ0v) is 8.30. The Morgan fingerprint density at radius 1 is 1.07 bits per heavy atom. The quantitative estimate of drug-likeness (QED) is 0.623. The predicted octanol–water partition coefficient (Wildman–Crippen LogP) is 0.739. The number of carbonyl (C=O) groups is 2. The highest BCUT2D eigenvalue weighted by molar-refractivity contribution is 5.67. The Morgan fingerprint density at radius 2 is 1.80 bits per heavy atom. The van der Waals surface area contributed by atoms with Crippen molar-refractivity contribution in [2.75, 3.05) is 19.6 Å². The lowest BCUT2D eigenvalue weighted by molar-refractivity contribution is 0.0888. The molecular formula is C9H14N2O4. The van der Waals surface area contributed by atoms with Crippen LogP contribution in [0.3, 0.4) is 0 Å². The molecule has 0 unspecified atom stereocenters. The topological polar surface area (TPSA) is 81.1 Å². The Morgan fingerprint density at radius 3 is 2.40 bits per heavy atom. The van der Waals surface area contributed by atoms with Crippen LogP contribution >= 0.6 is 0 Å². The van der Waals surface area contributed by atoms with Gasteiger partial charge < -0.3 is 20.0 Å². The molecule has 2 aliphatic heterocycles. The molecular weight excluding hydrogens is 200 g/mol. The summed E-state index contributed by atoms with van der Waals surface area (Å²) in [4.78, 5) is 24.5. The van der Waals surface area contributed by atoms with E-state index >= 15 is 0 Å². The van der Waals surface area contributed by atoms with Gasteiger partial charge in [-0.15, -0.1) is 0 Å². The van der Waals surface area contributed by atoms with Gasteiger partial charge in [-0.3, -0.25) is 0 Å². The van der Waals surface area contributed by atoms with Gasteiger partial charge in [0.2, 0.25) is 0 Å². The van der Waals surface area contributed by atoms with E-state index in [1.54, 1.807) is 0 Å². The first kappa shape index (κ1) is 10.1. The van der Waals surface area contributed by atoms with Crippen LogP contribution in [0, 0.1) is 5.92 Å². The fraction of sp³-hybridized carbons (Fsp3) is 0.778. The first-order valence-corrected chi connectivity index (χ1v) is 5.07. The van der Waals surface area contributed by atoms with Gasteiger partial charge in [-0.2, -0.15) is 0 Å². The van der Waals surface area contributed by atoms with Crippen molar-refractivity contribution in [1.82, 2.24) is 9.80 Å². The SMILES string of the molecule is O=C(O)N1CC[C@H]2[C@H](CCN2C(=O)O)C1. The minimum Gasteiger partial charge on any atom is -0.465 e.